The maximum atomic E-state index is 12.1. The van der Waals surface area contributed by atoms with Crippen LogP contribution in [0.25, 0.3) is 0 Å². The Morgan fingerprint density at radius 1 is 1.44 bits per heavy atom. The molecule has 0 bridgehead atoms. The molecule has 1 fully saturated rings. The van der Waals surface area contributed by atoms with Crippen LogP contribution in [0.3, 0.4) is 0 Å². The van der Waals surface area contributed by atoms with Crippen LogP contribution in [0.15, 0.2) is 30.3 Å². The SMILES string of the molecule is CN(CC1CC1)C(=O)C(C#N)Cc1ccccc1. The van der Waals surface area contributed by atoms with Gasteiger partial charge < -0.3 is 4.90 Å². The Bertz CT molecular complexity index is 445. The maximum Gasteiger partial charge on any atom is 0.240 e. The fourth-order valence-electron chi connectivity index (χ4n) is 2.08. The van der Waals surface area contributed by atoms with Crippen molar-refractivity contribution in [3.05, 3.63) is 35.9 Å². The summed E-state index contributed by atoms with van der Waals surface area (Å²) in [5, 5.41) is 9.16. The third kappa shape index (κ3) is 3.33. The highest BCUT2D eigenvalue weighted by Crippen LogP contribution is 2.29. The zero-order valence-electron chi connectivity index (χ0n) is 10.7. The van der Waals surface area contributed by atoms with E-state index in [-0.39, 0.29) is 5.91 Å². The molecule has 1 aliphatic carbocycles. The van der Waals surface area contributed by atoms with E-state index in [4.69, 9.17) is 5.26 Å². The van der Waals surface area contributed by atoms with Gasteiger partial charge in [0, 0.05) is 13.6 Å². The van der Waals surface area contributed by atoms with Gasteiger partial charge in [0.25, 0.3) is 0 Å². The van der Waals surface area contributed by atoms with Crippen LogP contribution in [0.1, 0.15) is 18.4 Å². The molecule has 0 radical (unpaired) electrons. The highest BCUT2D eigenvalue weighted by atomic mass is 16.2. The van der Waals surface area contributed by atoms with Crippen LogP contribution < -0.4 is 0 Å². The monoisotopic (exact) mass is 242 g/mol. The molecule has 1 aromatic rings. The van der Waals surface area contributed by atoms with Gasteiger partial charge in [0.05, 0.1) is 6.07 Å². The van der Waals surface area contributed by atoms with Gasteiger partial charge in [-0.1, -0.05) is 30.3 Å². The lowest BCUT2D eigenvalue weighted by molar-refractivity contribution is -0.132. The molecule has 1 amide bonds. The van der Waals surface area contributed by atoms with Gasteiger partial charge in [0.2, 0.25) is 5.91 Å². The average Bonchev–Trinajstić information content (AvgIpc) is 3.20. The molecule has 0 aliphatic heterocycles. The van der Waals surface area contributed by atoms with Crippen LogP contribution in [0, 0.1) is 23.2 Å². The maximum absolute atomic E-state index is 12.1. The quantitative estimate of drug-likeness (QED) is 0.794. The minimum absolute atomic E-state index is 0.0479. The van der Waals surface area contributed by atoms with Gasteiger partial charge >= 0.3 is 0 Å². The molecule has 0 N–H and O–H groups in total. The Hall–Kier alpha value is -1.82. The molecular formula is C15H18N2O. The van der Waals surface area contributed by atoms with Crippen molar-refractivity contribution in [3.8, 4) is 6.07 Å². The Morgan fingerprint density at radius 3 is 2.67 bits per heavy atom. The van der Waals surface area contributed by atoms with Crippen LogP contribution in [0.5, 0.6) is 0 Å². The van der Waals surface area contributed by atoms with Crippen molar-refractivity contribution >= 4 is 5.91 Å². The summed E-state index contributed by atoms with van der Waals surface area (Å²) in [5.74, 6) is 0.0550. The number of hydrogen-bond donors (Lipinski definition) is 0. The van der Waals surface area contributed by atoms with Crippen LogP contribution in [-0.2, 0) is 11.2 Å². The van der Waals surface area contributed by atoms with Crippen molar-refractivity contribution in [2.45, 2.75) is 19.3 Å². The fourth-order valence-corrected chi connectivity index (χ4v) is 2.08. The van der Waals surface area contributed by atoms with Gasteiger partial charge in [-0.25, -0.2) is 0 Å². The number of carbonyl (C=O) groups excluding carboxylic acids is 1. The first-order valence-corrected chi connectivity index (χ1v) is 6.39. The van der Waals surface area contributed by atoms with Gasteiger partial charge in [-0.15, -0.1) is 0 Å². The van der Waals surface area contributed by atoms with Crippen LogP contribution in [-0.4, -0.2) is 24.4 Å². The molecule has 94 valence electrons. The Kier molecular flexibility index (Phi) is 3.99. The predicted molar refractivity (Wildman–Crippen MR) is 69.6 cm³/mol. The van der Waals surface area contributed by atoms with Gasteiger partial charge in [-0.2, -0.15) is 5.26 Å². The lowest BCUT2D eigenvalue weighted by Gasteiger charge is -2.19. The highest BCUT2D eigenvalue weighted by Gasteiger charge is 2.28. The first-order chi connectivity index (χ1) is 8.70. The highest BCUT2D eigenvalue weighted by molar-refractivity contribution is 5.81. The summed E-state index contributed by atoms with van der Waals surface area (Å²) in [6, 6.07) is 11.8. The summed E-state index contributed by atoms with van der Waals surface area (Å²) in [6.45, 7) is 0.797. The van der Waals surface area contributed by atoms with E-state index in [2.05, 4.69) is 6.07 Å². The topological polar surface area (TPSA) is 44.1 Å². The number of benzene rings is 1. The zero-order valence-corrected chi connectivity index (χ0v) is 10.7. The van der Waals surface area contributed by atoms with Crippen molar-refractivity contribution in [1.82, 2.24) is 4.90 Å². The third-order valence-corrected chi connectivity index (χ3v) is 3.34. The molecule has 0 saturated heterocycles. The average molecular weight is 242 g/mol. The molecule has 1 atom stereocenters. The van der Waals surface area contributed by atoms with E-state index in [9.17, 15) is 4.79 Å². The normalized spacial score (nSPS) is 15.8. The number of nitrogens with zero attached hydrogens (tertiary/aromatic N) is 2. The standard InChI is InChI=1S/C15H18N2O/c1-17(11-13-7-8-13)15(18)14(10-16)9-12-5-3-2-4-6-12/h2-6,13-14H,7-9,11H2,1H3. The first-order valence-electron chi connectivity index (χ1n) is 6.39. The largest absolute Gasteiger partial charge is 0.344 e. The third-order valence-electron chi connectivity index (χ3n) is 3.34. The first kappa shape index (κ1) is 12.6. The van der Waals surface area contributed by atoms with E-state index in [0.29, 0.717) is 12.3 Å². The number of carbonyl (C=O) groups is 1. The van der Waals surface area contributed by atoms with Gasteiger partial charge in [0.1, 0.15) is 5.92 Å². The molecule has 3 nitrogen and oxygen atoms in total. The Morgan fingerprint density at radius 2 is 2.11 bits per heavy atom. The van der Waals surface area contributed by atoms with Crippen LogP contribution >= 0.6 is 0 Å². The van der Waals surface area contributed by atoms with Gasteiger partial charge in [0.15, 0.2) is 0 Å². The lowest BCUT2D eigenvalue weighted by atomic mass is 9.99. The lowest BCUT2D eigenvalue weighted by Crippen LogP contribution is -2.34. The summed E-state index contributed by atoms with van der Waals surface area (Å²) in [5.41, 5.74) is 1.04. The zero-order chi connectivity index (χ0) is 13.0. The van der Waals surface area contributed by atoms with E-state index in [1.807, 2.05) is 30.3 Å². The second kappa shape index (κ2) is 5.68. The van der Waals surface area contributed by atoms with Crippen molar-refractivity contribution < 1.29 is 4.79 Å². The number of rotatable bonds is 5. The summed E-state index contributed by atoms with van der Waals surface area (Å²) in [4.78, 5) is 13.9. The summed E-state index contributed by atoms with van der Waals surface area (Å²) in [6.07, 6.45) is 2.94. The van der Waals surface area contributed by atoms with Crippen molar-refractivity contribution in [2.24, 2.45) is 11.8 Å². The number of hydrogen-bond acceptors (Lipinski definition) is 2. The van der Waals surface area contributed by atoms with E-state index in [0.717, 1.165) is 12.1 Å². The van der Waals surface area contributed by atoms with Crippen LogP contribution in [0.2, 0.25) is 0 Å². The molecule has 1 aliphatic rings. The molecule has 0 heterocycles. The minimum Gasteiger partial charge on any atom is -0.344 e. The molecule has 1 saturated carbocycles. The second-order valence-corrected chi connectivity index (χ2v) is 5.03. The summed E-state index contributed by atoms with van der Waals surface area (Å²) in [7, 11) is 1.80. The smallest absolute Gasteiger partial charge is 0.240 e. The molecule has 3 heteroatoms. The van der Waals surface area contributed by atoms with Crippen molar-refractivity contribution in [1.29, 1.82) is 5.26 Å². The second-order valence-electron chi connectivity index (χ2n) is 5.03. The molecule has 0 aromatic heterocycles. The van der Waals surface area contributed by atoms with Crippen LogP contribution in [0.4, 0.5) is 0 Å². The molecule has 18 heavy (non-hydrogen) atoms. The number of amides is 1. The summed E-state index contributed by atoms with van der Waals surface area (Å²) < 4.78 is 0. The number of nitriles is 1. The summed E-state index contributed by atoms with van der Waals surface area (Å²) >= 11 is 0. The molecular weight excluding hydrogens is 224 g/mol. The molecule has 0 spiro atoms. The van der Waals surface area contributed by atoms with E-state index in [1.165, 1.54) is 12.8 Å². The predicted octanol–water partition coefficient (Wildman–Crippen LogP) is 2.24. The fraction of sp³-hybridized carbons (Fsp3) is 0.467. The van der Waals surface area contributed by atoms with E-state index >= 15 is 0 Å². The Balaban J connectivity index is 1.95. The molecule has 1 unspecified atom stereocenters. The molecule has 2 rings (SSSR count). The van der Waals surface area contributed by atoms with Gasteiger partial charge in [-0.05, 0) is 30.7 Å². The van der Waals surface area contributed by atoms with Crippen molar-refractivity contribution in [3.63, 3.8) is 0 Å². The van der Waals surface area contributed by atoms with E-state index < -0.39 is 5.92 Å². The minimum atomic E-state index is -0.559. The molecule has 1 aromatic carbocycles. The van der Waals surface area contributed by atoms with Crippen molar-refractivity contribution in [2.75, 3.05) is 13.6 Å². The van der Waals surface area contributed by atoms with E-state index in [1.54, 1.807) is 11.9 Å². The van der Waals surface area contributed by atoms with Gasteiger partial charge in [-0.3, -0.25) is 4.79 Å². The Labute approximate surface area is 108 Å².